The molecular formula is C13H22N4O4. The summed E-state index contributed by atoms with van der Waals surface area (Å²) in [6.45, 7) is 1.78. The van der Waals surface area contributed by atoms with Crippen molar-refractivity contribution in [1.29, 1.82) is 0 Å². The van der Waals surface area contributed by atoms with Crippen LogP contribution in [-0.2, 0) is 30.2 Å². The van der Waals surface area contributed by atoms with Crippen molar-refractivity contribution < 1.29 is 9.53 Å². The highest BCUT2D eigenvalue weighted by Gasteiger charge is 2.06. The summed E-state index contributed by atoms with van der Waals surface area (Å²) in [4.78, 5) is 34.7. The largest absolute Gasteiger partial charge is 0.383 e. The van der Waals surface area contributed by atoms with Gasteiger partial charge in [-0.25, -0.2) is 4.79 Å². The second-order valence-corrected chi connectivity index (χ2v) is 4.64. The molecule has 1 aromatic heterocycles. The average molecular weight is 298 g/mol. The van der Waals surface area contributed by atoms with Gasteiger partial charge in [-0.15, -0.1) is 0 Å². The second-order valence-electron chi connectivity index (χ2n) is 4.64. The molecule has 1 aromatic rings. The predicted octanol–water partition coefficient (Wildman–Crippen LogP) is -1.67. The Kier molecular flexibility index (Phi) is 6.83. The van der Waals surface area contributed by atoms with Crippen molar-refractivity contribution in [2.24, 2.45) is 14.1 Å². The minimum absolute atomic E-state index is 0.0718. The quantitative estimate of drug-likeness (QED) is 0.559. The van der Waals surface area contributed by atoms with Crippen LogP contribution in [0.1, 0.15) is 12.1 Å². The van der Waals surface area contributed by atoms with Gasteiger partial charge in [0.05, 0.1) is 6.61 Å². The van der Waals surface area contributed by atoms with E-state index in [0.29, 0.717) is 38.4 Å². The molecule has 0 aromatic carbocycles. The summed E-state index contributed by atoms with van der Waals surface area (Å²) in [7, 11) is 4.62. The lowest BCUT2D eigenvalue weighted by Crippen LogP contribution is -2.39. The molecule has 0 bridgehead atoms. The molecule has 0 saturated heterocycles. The van der Waals surface area contributed by atoms with E-state index < -0.39 is 0 Å². The summed E-state index contributed by atoms with van der Waals surface area (Å²) in [5, 5.41) is 5.74. The topological polar surface area (TPSA) is 94.4 Å². The molecule has 1 heterocycles. The van der Waals surface area contributed by atoms with Gasteiger partial charge < -0.3 is 15.4 Å². The number of amides is 1. The van der Waals surface area contributed by atoms with Crippen LogP contribution in [0, 0.1) is 0 Å². The number of aromatic nitrogens is 2. The fraction of sp³-hybridized carbons (Fsp3) is 0.615. The minimum Gasteiger partial charge on any atom is -0.383 e. The molecule has 1 amide bonds. The van der Waals surface area contributed by atoms with Crippen LogP contribution in [0.25, 0.3) is 0 Å². The Bertz CT molecular complexity index is 591. The third kappa shape index (κ3) is 5.16. The molecule has 1 rings (SSSR count). The number of rotatable bonds is 8. The zero-order valence-corrected chi connectivity index (χ0v) is 12.6. The number of carbonyl (C=O) groups is 1. The number of methoxy groups -OCH3 is 1. The highest BCUT2D eigenvalue weighted by atomic mass is 16.5. The Balaban J connectivity index is 2.42. The van der Waals surface area contributed by atoms with Crippen molar-refractivity contribution in [2.45, 2.75) is 13.0 Å². The van der Waals surface area contributed by atoms with Gasteiger partial charge in [0.25, 0.3) is 5.56 Å². The van der Waals surface area contributed by atoms with E-state index in [1.165, 1.54) is 17.7 Å². The number of nitrogens with one attached hydrogen (secondary N) is 2. The molecule has 0 aliphatic carbocycles. The number of hydrogen-bond acceptors (Lipinski definition) is 5. The van der Waals surface area contributed by atoms with Crippen LogP contribution in [0.4, 0.5) is 0 Å². The summed E-state index contributed by atoms with van der Waals surface area (Å²) in [6.07, 6.45) is 0.322. The van der Waals surface area contributed by atoms with Gasteiger partial charge in [-0.1, -0.05) is 0 Å². The van der Waals surface area contributed by atoms with Crippen molar-refractivity contribution in [3.8, 4) is 0 Å². The summed E-state index contributed by atoms with van der Waals surface area (Å²) >= 11 is 0. The summed E-state index contributed by atoms with van der Waals surface area (Å²) in [5.74, 6) is -0.0718. The molecule has 0 spiro atoms. The fourth-order valence-corrected chi connectivity index (χ4v) is 1.75. The number of hydrogen-bond donors (Lipinski definition) is 2. The zero-order chi connectivity index (χ0) is 15.8. The lowest BCUT2D eigenvalue weighted by molar-refractivity contribution is -0.121. The first kappa shape index (κ1) is 17.1. The van der Waals surface area contributed by atoms with Gasteiger partial charge in [0.15, 0.2) is 0 Å². The minimum atomic E-state index is -0.364. The Morgan fingerprint density at radius 3 is 2.62 bits per heavy atom. The molecule has 0 radical (unpaired) electrons. The van der Waals surface area contributed by atoms with Crippen molar-refractivity contribution >= 4 is 5.91 Å². The van der Waals surface area contributed by atoms with Crippen LogP contribution in [0.5, 0.6) is 0 Å². The van der Waals surface area contributed by atoms with Crippen LogP contribution >= 0.6 is 0 Å². The Morgan fingerprint density at radius 2 is 1.95 bits per heavy atom. The maximum atomic E-state index is 11.7. The lowest BCUT2D eigenvalue weighted by atomic mass is 10.3. The fourth-order valence-electron chi connectivity index (χ4n) is 1.75. The van der Waals surface area contributed by atoms with E-state index in [4.69, 9.17) is 4.74 Å². The van der Waals surface area contributed by atoms with Crippen molar-refractivity contribution in [1.82, 2.24) is 19.8 Å². The molecule has 0 aliphatic rings. The highest BCUT2D eigenvalue weighted by Crippen LogP contribution is 1.90. The number of carbonyl (C=O) groups excluding carboxylic acids is 1. The van der Waals surface area contributed by atoms with Gasteiger partial charge in [-0.05, 0) is 0 Å². The van der Waals surface area contributed by atoms with Gasteiger partial charge in [-0.2, -0.15) is 0 Å². The Morgan fingerprint density at radius 1 is 1.24 bits per heavy atom. The third-order valence-corrected chi connectivity index (χ3v) is 3.09. The molecule has 2 N–H and O–H groups in total. The van der Waals surface area contributed by atoms with Crippen LogP contribution < -0.4 is 21.9 Å². The van der Waals surface area contributed by atoms with Crippen molar-refractivity contribution in [2.75, 3.05) is 26.8 Å². The smallest absolute Gasteiger partial charge is 0.330 e. The molecule has 118 valence electrons. The molecule has 0 saturated carbocycles. The molecule has 0 fully saturated rings. The monoisotopic (exact) mass is 298 g/mol. The van der Waals surface area contributed by atoms with Crippen LogP contribution in [-0.4, -0.2) is 41.8 Å². The third-order valence-electron chi connectivity index (χ3n) is 3.09. The molecule has 21 heavy (non-hydrogen) atoms. The van der Waals surface area contributed by atoms with Gasteiger partial charge >= 0.3 is 5.69 Å². The van der Waals surface area contributed by atoms with E-state index in [2.05, 4.69) is 10.6 Å². The second kappa shape index (κ2) is 8.38. The van der Waals surface area contributed by atoms with Gasteiger partial charge in [0, 0.05) is 59.0 Å². The number of ether oxygens (including phenoxy) is 1. The summed E-state index contributed by atoms with van der Waals surface area (Å²) < 4.78 is 7.28. The zero-order valence-electron chi connectivity index (χ0n) is 12.6. The SMILES string of the molecule is COCCNC(=O)CCNCc1cc(=O)n(C)c(=O)n1C. The predicted molar refractivity (Wildman–Crippen MR) is 78.1 cm³/mol. The van der Waals surface area contributed by atoms with Crippen LogP contribution in [0.3, 0.4) is 0 Å². The van der Waals surface area contributed by atoms with Gasteiger partial charge in [0.1, 0.15) is 0 Å². The average Bonchev–Trinajstić information content (AvgIpc) is 2.46. The van der Waals surface area contributed by atoms with Crippen LogP contribution in [0.2, 0.25) is 0 Å². The van der Waals surface area contributed by atoms with E-state index in [0.717, 1.165) is 4.57 Å². The number of nitrogens with zero attached hydrogens (tertiary/aromatic N) is 2. The van der Waals surface area contributed by atoms with Gasteiger partial charge in [-0.3, -0.25) is 18.7 Å². The van der Waals surface area contributed by atoms with Gasteiger partial charge in [0.2, 0.25) is 5.91 Å². The highest BCUT2D eigenvalue weighted by molar-refractivity contribution is 5.75. The lowest BCUT2D eigenvalue weighted by Gasteiger charge is -2.10. The molecule has 0 atom stereocenters. The molecule has 8 nitrogen and oxygen atoms in total. The molecular weight excluding hydrogens is 276 g/mol. The van der Waals surface area contributed by atoms with E-state index >= 15 is 0 Å². The van der Waals surface area contributed by atoms with E-state index in [1.54, 1.807) is 14.2 Å². The van der Waals surface area contributed by atoms with Crippen molar-refractivity contribution in [3.63, 3.8) is 0 Å². The molecule has 8 heteroatoms. The standard InChI is InChI=1S/C13H22N4O4/c1-16-10(8-12(19)17(2)13(16)20)9-14-5-4-11(18)15-6-7-21-3/h8,14H,4-7,9H2,1-3H3,(H,15,18). The Labute approximate surface area is 122 Å². The maximum Gasteiger partial charge on any atom is 0.330 e. The maximum absolute atomic E-state index is 11.7. The molecule has 0 unspecified atom stereocenters. The normalized spacial score (nSPS) is 10.6. The molecule has 0 aliphatic heterocycles. The summed E-state index contributed by atoms with van der Waals surface area (Å²) in [5.41, 5.74) is -0.119. The first-order valence-corrected chi connectivity index (χ1v) is 6.69. The Hall–Kier alpha value is -1.93. The van der Waals surface area contributed by atoms with E-state index in [-0.39, 0.29) is 17.2 Å². The first-order chi connectivity index (χ1) is 9.97. The van der Waals surface area contributed by atoms with Crippen molar-refractivity contribution in [3.05, 3.63) is 32.6 Å². The van der Waals surface area contributed by atoms with E-state index in [1.807, 2.05) is 0 Å². The first-order valence-electron chi connectivity index (χ1n) is 6.69. The van der Waals surface area contributed by atoms with Crippen LogP contribution in [0.15, 0.2) is 15.7 Å². The van der Waals surface area contributed by atoms with E-state index in [9.17, 15) is 14.4 Å². The summed E-state index contributed by atoms with van der Waals surface area (Å²) in [6, 6.07) is 1.41.